The number of esters is 1. The second kappa shape index (κ2) is 7.86. The van der Waals surface area contributed by atoms with Crippen LogP contribution in [0, 0.1) is 0 Å². The average Bonchev–Trinajstić information content (AvgIpc) is 3.05. The smallest absolute Gasteiger partial charge is 0.339 e. The van der Waals surface area contributed by atoms with Gasteiger partial charge in [0, 0.05) is 13.1 Å². The minimum Gasteiger partial charge on any atom is -0.493 e. The number of benzene rings is 1. The van der Waals surface area contributed by atoms with Crippen molar-refractivity contribution in [3.05, 3.63) is 17.7 Å². The number of ether oxygens (including phenoxy) is 4. The average molecular weight is 413 g/mol. The molecule has 1 saturated heterocycles. The van der Waals surface area contributed by atoms with Gasteiger partial charge in [-0.15, -0.1) is 0 Å². The molecule has 2 aliphatic heterocycles. The normalized spacial score (nSPS) is 20.9. The van der Waals surface area contributed by atoms with Crippen molar-refractivity contribution in [3.8, 4) is 17.2 Å². The third kappa shape index (κ3) is 4.16. The van der Waals surface area contributed by atoms with Crippen molar-refractivity contribution in [3.63, 3.8) is 0 Å². The van der Waals surface area contributed by atoms with Crippen LogP contribution in [0.3, 0.4) is 0 Å². The Labute approximate surface area is 163 Å². The van der Waals surface area contributed by atoms with Crippen LogP contribution in [0.4, 0.5) is 0 Å². The fraction of sp³-hybridized carbons (Fsp3) is 0.556. The molecule has 0 N–H and O–H groups in total. The van der Waals surface area contributed by atoms with E-state index in [0.29, 0.717) is 36.9 Å². The lowest BCUT2D eigenvalue weighted by atomic mass is 10.1. The Bertz CT molecular complexity index is 865. The molecule has 2 atom stereocenters. The molecule has 1 amide bonds. The third-order valence-corrected chi connectivity index (χ3v) is 6.55. The first kappa shape index (κ1) is 20.2. The van der Waals surface area contributed by atoms with Gasteiger partial charge in [0.1, 0.15) is 13.2 Å². The van der Waals surface area contributed by atoms with E-state index < -0.39 is 33.9 Å². The lowest BCUT2D eigenvalue weighted by Gasteiger charge is -2.26. The van der Waals surface area contributed by atoms with Gasteiger partial charge in [0.05, 0.1) is 24.2 Å². The third-order valence-electron chi connectivity index (χ3n) is 4.80. The van der Waals surface area contributed by atoms with Crippen LogP contribution < -0.4 is 14.2 Å². The van der Waals surface area contributed by atoms with Gasteiger partial charge in [-0.2, -0.15) is 0 Å². The van der Waals surface area contributed by atoms with Crippen molar-refractivity contribution in [1.29, 1.82) is 0 Å². The summed E-state index contributed by atoms with van der Waals surface area (Å²) >= 11 is 0. The van der Waals surface area contributed by atoms with E-state index in [-0.39, 0.29) is 17.1 Å². The van der Waals surface area contributed by atoms with Crippen LogP contribution >= 0.6 is 0 Å². The van der Waals surface area contributed by atoms with Gasteiger partial charge < -0.3 is 23.8 Å². The summed E-state index contributed by atoms with van der Waals surface area (Å²) in [6.07, 6.45) is -0.690. The van der Waals surface area contributed by atoms with Gasteiger partial charge in [0.25, 0.3) is 5.91 Å². The zero-order valence-electron chi connectivity index (χ0n) is 16.0. The second-order valence-corrected chi connectivity index (χ2v) is 8.98. The van der Waals surface area contributed by atoms with Crippen molar-refractivity contribution < 1.29 is 37.0 Å². The zero-order valence-corrected chi connectivity index (χ0v) is 16.8. The van der Waals surface area contributed by atoms with Crippen molar-refractivity contribution in [1.82, 2.24) is 4.90 Å². The van der Waals surface area contributed by atoms with Crippen LogP contribution in [0.2, 0.25) is 0 Å². The molecule has 1 aromatic rings. The molecule has 1 aromatic carbocycles. The van der Waals surface area contributed by atoms with E-state index in [1.54, 1.807) is 0 Å². The topological polar surface area (TPSA) is 108 Å². The number of carbonyl (C=O) groups excluding carboxylic acids is 2. The summed E-state index contributed by atoms with van der Waals surface area (Å²) in [5.74, 6) is -0.0863. The molecule has 0 spiro atoms. The van der Waals surface area contributed by atoms with Crippen molar-refractivity contribution in [2.24, 2.45) is 0 Å². The van der Waals surface area contributed by atoms with Gasteiger partial charge in [0.15, 0.2) is 27.4 Å². The number of likely N-dealkylation sites (N-methyl/N-ethyl adjacent to an activating group) is 1. The minimum atomic E-state index is -3.12. The molecule has 9 nitrogen and oxygen atoms in total. The number of hydrogen-bond acceptors (Lipinski definition) is 8. The Morgan fingerprint density at radius 2 is 1.96 bits per heavy atom. The van der Waals surface area contributed by atoms with E-state index in [1.165, 1.54) is 38.1 Å². The van der Waals surface area contributed by atoms with E-state index in [9.17, 15) is 18.0 Å². The number of methoxy groups -OCH3 is 1. The number of amides is 1. The monoisotopic (exact) mass is 413 g/mol. The highest BCUT2D eigenvalue weighted by Gasteiger charge is 2.35. The highest BCUT2D eigenvalue weighted by Crippen LogP contribution is 2.40. The van der Waals surface area contributed by atoms with Gasteiger partial charge in [-0.25, -0.2) is 13.2 Å². The molecular weight excluding hydrogens is 390 g/mol. The van der Waals surface area contributed by atoms with E-state index in [2.05, 4.69) is 0 Å². The SMILES string of the molecule is COc1cc(C(=O)O[C@@H](C)C(=O)N(C)[C@@H]2CCS(=O)(=O)C2)cc2c1OCCO2. The summed E-state index contributed by atoms with van der Waals surface area (Å²) in [5, 5.41) is 0. The number of nitrogens with zero attached hydrogens (tertiary/aromatic N) is 1. The number of fused-ring (bicyclic) bond motifs is 1. The van der Waals surface area contributed by atoms with Gasteiger partial charge in [-0.05, 0) is 25.5 Å². The molecule has 10 heteroatoms. The molecule has 154 valence electrons. The fourth-order valence-corrected chi connectivity index (χ4v) is 4.99. The molecule has 0 radical (unpaired) electrons. The van der Waals surface area contributed by atoms with Crippen LogP contribution in [0.15, 0.2) is 12.1 Å². The molecule has 0 aromatic heterocycles. The predicted molar refractivity (Wildman–Crippen MR) is 98.7 cm³/mol. The Hall–Kier alpha value is -2.49. The van der Waals surface area contributed by atoms with E-state index in [0.717, 1.165) is 0 Å². The number of rotatable bonds is 5. The number of carbonyl (C=O) groups is 2. The summed E-state index contributed by atoms with van der Waals surface area (Å²) in [6.45, 7) is 2.18. The molecule has 0 aliphatic carbocycles. The molecule has 0 saturated carbocycles. The molecule has 1 fully saturated rings. The molecule has 28 heavy (non-hydrogen) atoms. The maximum Gasteiger partial charge on any atom is 0.339 e. The molecule has 2 heterocycles. The Morgan fingerprint density at radius 1 is 1.25 bits per heavy atom. The summed E-state index contributed by atoms with van der Waals surface area (Å²) in [6, 6.07) is 2.53. The summed E-state index contributed by atoms with van der Waals surface area (Å²) in [4.78, 5) is 26.4. The highest BCUT2D eigenvalue weighted by atomic mass is 32.2. The first-order chi connectivity index (χ1) is 13.2. The van der Waals surface area contributed by atoms with Crippen molar-refractivity contribution in [2.45, 2.75) is 25.5 Å². The standard InChI is InChI=1S/C18H23NO8S/c1-11(17(20)19(2)13-4-7-28(22,23)10-13)27-18(21)12-8-14(24-3)16-15(9-12)25-5-6-26-16/h8-9,11,13H,4-7,10H2,1-3H3/t11-,13+/m0/s1. The Kier molecular flexibility index (Phi) is 5.69. The molecular formula is C18H23NO8S. The van der Waals surface area contributed by atoms with E-state index >= 15 is 0 Å². The Balaban J connectivity index is 1.69. The second-order valence-electron chi connectivity index (χ2n) is 6.76. The molecule has 2 aliphatic rings. The molecule has 0 bridgehead atoms. The highest BCUT2D eigenvalue weighted by molar-refractivity contribution is 7.91. The first-order valence-corrected chi connectivity index (χ1v) is 10.7. The number of hydrogen-bond donors (Lipinski definition) is 0. The lowest BCUT2D eigenvalue weighted by Crippen LogP contribution is -2.44. The lowest BCUT2D eigenvalue weighted by molar-refractivity contribution is -0.140. The maximum atomic E-state index is 12.5. The molecule has 3 rings (SSSR count). The maximum absolute atomic E-state index is 12.5. The fourth-order valence-electron chi connectivity index (χ4n) is 3.22. The van der Waals surface area contributed by atoms with Crippen molar-refractivity contribution in [2.75, 3.05) is 38.9 Å². The molecule has 0 unspecified atom stereocenters. The van der Waals surface area contributed by atoms with Gasteiger partial charge in [0.2, 0.25) is 5.75 Å². The first-order valence-electron chi connectivity index (χ1n) is 8.87. The summed E-state index contributed by atoms with van der Waals surface area (Å²) < 4.78 is 44.8. The van der Waals surface area contributed by atoms with Crippen LogP contribution in [-0.2, 0) is 19.4 Å². The number of sulfone groups is 1. The van der Waals surface area contributed by atoms with Crippen molar-refractivity contribution >= 4 is 21.7 Å². The van der Waals surface area contributed by atoms with Gasteiger partial charge in [-0.3, -0.25) is 4.79 Å². The van der Waals surface area contributed by atoms with E-state index in [4.69, 9.17) is 18.9 Å². The van der Waals surface area contributed by atoms with Gasteiger partial charge in [-0.1, -0.05) is 0 Å². The minimum absolute atomic E-state index is 0.0560. The quantitative estimate of drug-likeness (QED) is 0.648. The van der Waals surface area contributed by atoms with Crippen LogP contribution in [0.5, 0.6) is 17.2 Å². The van der Waals surface area contributed by atoms with Crippen LogP contribution in [-0.4, -0.2) is 76.2 Å². The van der Waals surface area contributed by atoms with Crippen LogP contribution in [0.1, 0.15) is 23.7 Å². The predicted octanol–water partition coefficient (Wildman–Crippen LogP) is 0.657. The summed E-state index contributed by atoms with van der Waals surface area (Å²) in [7, 11) is -0.161. The van der Waals surface area contributed by atoms with E-state index in [1.807, 2.05) is 0 Å². The van der Waals surface area contributed by atoms with Crippen LogP contribution in [0.25, 0.3) is 0 Å². The summed E-state index contributed by atoms with van der Waals surface area (Å²) in [5.41, 5.74) is 0.159. The largest absolute Gasteiger partial charge is 0.493 e. The Morgan fingerprint density at radius 3 is 2.61 bits per heavy atom. The van der Waals surface area contributed by atoms with Gasteiger partial charge >= 0.3 is 5.97 Å². The zero-order chi connectivity index (χ0) is 20.5.